The maximum Gasteiger partial charge on any atom is 0.239 e. The number of hydrogen-bond donors (Lipinski definition) is 1. The second-order valence-electron chi connectivity index (χ2n) is 7.51. The summed E-state index contributed by atoms with van der Waals surface area (Å²) in [6.45, 7) is 8.57. The van der Waals surface area contributed by atoms with Crippen LogP contribution in [-0.4, -0.2) is 49.5 Å². The maximum absolute atomic E-state index is 12.8. The Bertz CT molecular complexity index is 901. The molecule has 0 spiro atoms. The highest BCUT2D eigenvalue weighted by molar-refractivity contribution is 9.10. The third-order valence-electron chi connectivity index (χ3n) is 5.63. The predicted molar refractivity (Wildman–Crippen MR) is 126 cm³/mol. The van der Waals surface area contributed by atoms with Gasteiger partial charge in [-0.1, -0.05) is 54.0 Å². The summed E-state index contributed by atoms with van der Waals surface area (Å²) in [6, 6.07) is 15.3. The molecule has 1 fully saturated rings. The summed E-state index contributed by atoms with van der Waals surface area (Å²) in [5, 5.41) is 2.93. The highest BCUT2D eigenvalue weighted by atomic mass is 79.9. The number of rotatable bonds is 10. The number of ether oxygens (including phenoxy) is 1. The molecule has 1 unspecified atom stereocenters. The van der Waals surface area contributed by atoms with E-state index in [1.54, 1.807) is 4.90 Å². The van der Waals surface area contributed by atoms with Gasteiger partial charge >= 0.3 is 0 Å². The maximum atomic E-state index is 12.8. The van der Waals surface area contributed by atoms with Crippen LogP contribution in [0.25, 0.3) is 0 Å². The van der Waals surface area contributed by atoms with Gasteiger partial charge in [-0.05, 0) is 43.8 Å². The number of carbonyl (C=O) groups is 2. The Labute approximate surface area is 192 Å². The number of hydrogen-bond acceptors (Lipinski definition) is 4. The van der Waals surface area contributed by atoms with Crippen molar-refractivity contribution in [2.45, 2.75) is 26.8 Å². The SMILES string of the molecule is CCN(CC)CCOc1ccccc1CNC(=O)C1CCN(c2cccc(Br)c2)C1=O. The molecule has 2 aromatic carbocycles. The Hall–Kier alpha value is -2.38. The number of anilines is 1. The molecule has 0 radical (unpaired) electrons. The number of amides is 2. The van der Waals surface area contributed by atoms with Gasteiger partial charge < -0.3 is 19.9 Å². The first-order valence-electron chi connectivity index (χ1n) is 10.8. The number of benzene rings is 2. The van der Waals surface area contributed by atoms with Crippen LogP contribution in [0.1, 0.15) is 25.8 Å². The fraction of sp³-hybridized carbons (Fsp3) is 0.417. The summed E-state index contributed by atoms with van der Waals surface area (Å²) in [6.07, 6.45) is 0.513. The average molecular weight is 488 g/mol. The van der Waals surface area contributed by atoms with E-state index in [4.69, 9.17) is 4.74 Å². The van der Waals surface area contributed by atoms with Gasteiger partial charge in [0, 0.05) is 35.4 Å². The summed E-state index contributed by atoms with van der Waals surface area (Å²) in [7, 11) is 0. The van der Waals surface area contributed by atoms with Crippen LogP contribution in [0, 0.1) is 5.92 Å². The Morgan fingerprint density at radius 3 is 2.71 bits per heavy atom. The largest absolute Gasteiger partial charge is 0.492 e. The molecular formula is C24H30BrN3O3. The Kier molecular flexibility index (Phi) is 8.49. The summed E-state index contributed by atoms with van der Waals surface area (Å²) in [4.78, 5) is 29.5. The number of carbonyl (C=O) groups excluding carboxylic acids is 2. The van der Waals surface area contributed by atoms with E-state index in [0.717, 1.165) is 41.1 Å². The molecule has 31 heavy (non-hydrogen) atoms. The number of nitrogens with one attached hydrogen (secondary N) is 1. The van der Waals surface area contributed by atoms with Crippen molar-refractivity contribution in [3.63, 3.8) is 0 Å². The van der Waals surface area contributed by atoms with Gasteiger partial charge in [0.05, 0.1) is 0 Å². The molecule has 1 N–H and O–H groups in total. The second-order valence-corrected chi connectivity index (χ2v) is 8.43. The predicted octanol–water partition coefficient (Wildman–Crippen LogP) is 3.84. The molecule has 3 rings (SSSR count). The van der Waals surface area contributed by atoms with E-state index in [2.05, 4.69) is 40.0 Å². The van der Waals surface area contributed by atoms with Crippen LogP contribution in [0.3, 0.4) is 0 Å². The lowest BCUT2D eigenvalue weighted by Gasteiger charge is -2.19. The normalized spacial score (nSPS) is 16.1. The molecule has 1 aliphatic rings. The van der Waals surface area contributed by atoms with E-state index < -0.39 is 5.92 Å². The van der Waals surface area contributed by atoms with Gasteiger partial charge in [0.25, 0.3) is 0 Å². The first-order valence-corrected chi connectivity index (χ1v) is 11.6. The molecule has 0 aromatic heterocycles. The monoisotopic (exact) mass is 487 g/mol. The zero-order valence-corrected chi connectivity index (χ0v) is 19.7. The standard InChI is InChI=1S/C24H30BrN3O3/c1-3-27(4-2)14-15-31-22-11-6-5-8-18(22)17-26-23(29)21-12-13-28(24(21)30)20-10-7-9-19(25)16-20/h5-11,16,21H,3-4,12-15,17H2,1-2H3,(H,26,29). The molecule has 166 valence electrons. The molecule has 0 aliphatic carbocycles. The second kappa shape index (κ2) is 11.3. The quantitative estimate of drug-likeness (QED) is 0.517. The van der Waals surface area contributed by atoms with E-state index in [-0.39, 0.29) is 11.8 Å². The van der Waals surface area contributed by atoms with Crippen LogP contribution in [0.15, 0.2) is 53.0 Å². The van der Waals surface area contributed by atoms with Crippen LogP contribution < -0.4 is 15.0 Å². The van der Waals surface area contributed by atoms with E-state index in [9.17, 15) is 9.59 Å². The Morgan fingerprint density at radius 2 is 1.97 bits per heavy atom. The minimum Gasteiger partial charge on any atom is -0.492 e. The minimum atomic E-state index is -0.658. The number of likely N-dealkylation sites (N-methyl/N-ethyl adjacent to an activating group) is 1. The van der Waals surface area contributed by atoms with Crippen LogP contribution in [-0.2, 0) is 16.1 Å². The summed E-state index contributed by atoms with van der Waals surface area (Å²) in [5.41, 5.74) is 1.71. The van der Waals surface area contributed by atoms with Crippen molar-refractivity contribution in [2.75, 3.05) is 37.7 Å². The van der Waals surface area contributed by atoms with E-state index in [0.29, 0.717) is 26.1 Å². The van der Waals surface area contributed by atoms with Crippen molar-refractivity contribution in [3.05, 3.63) is 58.6 Å². The van der Waals surface area contributed by atoms with Crippen LogP contribution in [0.5, 0.6) is 5.75 Å². The molecule has 1 heterocycles. The first-order chi connectivity index (χ1) is 15.0. The number of para-hydroxylation sites is 1. The zero-order valence-electron chi connectivity index (χ0n) is 18.1. The Morgan fingerprint density at radius 1 is 1.19 bits per heavy atom. The summed E-state index contributed by atoms with van der Waals surface area (Å²) < 4.78 is 6.87. The highest BCUT2D eigenvalue weighted by Crippen LogP contribution is 2.27. The topological polar surface area (TPSA) is 61.9 Å². The fourth-order valence-corrected chi connectivity index (χ4v) is 4.13. The van der Waals surface area contributed by atoms with Gasteiger partial charge in [0.1, 0.15) is 18.3 Å². The molecule has 6 nitrogen and oxygen atoms in total. The average Bonchev–Trinajstić information content (AvgIpc) is 3.17. The smallest absolute Gasteiger partial charge is 0.239 e. The molecule has 1 saturated heterocycles. The third-order valence-corrected chi connectivity index (χ3v) is 6.12. The summed E-state index contributed by atoms with van der Waals surface area (Å²) >= 11 is 3.43. The van der Waals surface area contributed by atoms with E-state index in [1.807, 2.05) is 48.5 Å². The number of halogens is 1. The zero-order chi connectivity index (χ0) is 22.2. The third kappa shape index (κ3) is 6.08. The molecule has 2 amide bonds. The van der Waals surface area contributed by atoms with Crippen LogP contribution >= 0.6 is 15.9 Å². The van der Waals surface area contributed by atoms with Crippen LogP contribution in [0.4, 0.5) is 5.69 Å². The molecule has 1 atom stereocenters. The van der Waals surface area contributed by atoms with Gasteiger partial charge in [0.15, 0.2) is 0 Å². The van der Waals surface area contributed by atoms with Crippen molar-refractivity contribution in [1.29, 1.82) is 0 Å². The molecule has 0 saturated carbocycles. The Balaban J connectivity index is 1.56. The molecule has 1 aliphatic heterocycles. The highest BCUT2D eigenvalue weighted by Gasteiger charge is 2.37. The molecule has 2 aromatic rings. The lowest BCUT2D eigenvalue weighted by molar-refractivity contribution is -0.132. The van der Waals surface area contributed by atoms with Crippen molar-refractivity contribution in [1.82, 2.24) is 10.2 Å². The number of nitrogens with zero attached hydrogens (tertiary/aromatic N) is 2. The van der Waals surface area contributed by atoms with Crippen molar-refractivity contribution >= 4 is 33.4 Å². The van der Waals surface area contributed by atoms with Gasteiger partial charge in [-0.2, -0.15) is 0 Å². The first kappa shape index (κ1) is 23.3. The van der Waals surface area contributed by atoms with E-state index >= 15 is 0 Å². The fourth-order valence-electron chi connectivity index (χ4n) is 3.74. The van der Waals surface area contributed by atoms with Crippen LogP contribution in [0.2, 0.25) is 0 Å². The van der Waals surface area contributed by atoms with Crippen molar-refractivity contribution < 1.29 is 14.3 Å². The van der Waals surface area contributed by atoms with Gasteiger partial charge in [-0.15, -0.1) is 0 Å². The molecular weight excluding hydrogens is 458 g/mol. The van der Waals surface area contributed by atoms with E-state index in [1.165, 1.54) is 0 Å². The molecule has 0 bridgehead atoms. The minimum absolute atomic E-state index is 0.153. The van der Waals surface area contributed by atoms with Gasteiger partial charge in [0.2, 0.25) is 11.8 Å². The van der Waals surface area contributed by atoms with Gasteiger partial charge in [-0.3, -0.25) is 9.59 Å². The van der Waals surface area contributed by atoms with Crippen molar-refractivity contribution in [3.8, 4) is 5.75 Å². The lowest BCUT2D eigenvalue weighted by atomic mass is 10.1. The summed E-state index contributed by atoms with van der Waals surface area (Å²) in [5.74, 6) is -0.280. The lowest BCUT2D eigenvalue weighted by Crippen LogP contribution is -2.36. The molecule has 7 heteroatoms. The van der Waals surface area contributed by atoms with Crippen molar-refractivity contribution in [2.24, 2.45) is 5.92 Å². The van der Waals surface area contributed by atoms with Gasteiger partial charge in [-0.25, -0.2) is 0 Å².